The lowest BCUT2D eigenvalue weighted by atomic mass is 10.2. The van der Waals surface area contributed by atoms with Crippen molar-refractivity contribution in [3.63, 3.8) is 0 Å². The van der Waals surface area contributed by atoms with E-state index in [1.165, 1.54) is 11.8 Å². The highest BCUT2D eigenvalue weighted by Gasteiger charge is 2.08. The number of nitrogen functional groups attached to an aromatic ring is 1. The van der Waals surface area contributed by atoms with E-state index in [2.05, 4.69) is 10.5 Å². The zero-order valence-corrected chi connectivity index (χ0v) is 11.6. The van der Waals surface area contributed by atoms with Crippen molar-refractivity contribution in [2.75, 3.05) is 16.8 Å². The molecule has 0 radical (unpaired) electrons. The summed E-state index contributed by atoms with van der Waals surface area (Å²) in [6.45, 7) is 3.78. The fraction of sp³-hybridized carbons (Fsp3) is 0.231. The van der Waals surface area contributed by atoms with Crippen molar-refractivity contribution in [2.24, 2.45) is 0 Å². The molecule has 0 spiro atoms. The molecule has 100 valence electrons. The number of rotatable bonds is 4. The predicted molar refractivity (Wildman–Crippen MR) is 76.2 cm³/mol. The summed E-state index contributed by atoms with van der Waals surface area (Å²) < 4.78 is 4.91. The van der Waals surface area contributed by atoms with Crippen molar-refractivity contribution in [2.45, 2.75) is 18.7 Å². The molecule has 0 unspecified atom stereocenters. The van der Waals surface area contributed by atoms with Crippen LogP contribution in [0, 0.1) is 13.8 Å². The molecule has 19 heavy (non-hydrogen) atoms. The summed E-state index contributed by atoms with van der Waals surface area (Å²) in [6.07, 6.45) is 0. The van der Waals surface area contributed by atoms with Gasteiger partial charge in [-0.05, 0) is 31.5 Å². The van der Waals surface area contributed by atoms with Crippen molar-refractivity contribution >= 4 is 29.2 Å². The van der Waals surface area contributed by atoms with Crippen molar-refractivity contribution in [3.8, 4) is 0 Å². The molecule has 3 N–H and O–H groups in total. The molecule has 0 bridgehead atoms. The van der Waals surface area contributed by atoms with Crippen molar-refractivity contribution < 1.29 is 9.32 Å². The Balaban J connectivity index is 1.91. The lowest BCUT2D eigenvalue weighted by Crippen LogP contribution is -2.13. The number of hydrogen-bond acceptors (Lipinski definition) is 5. The molecule has 0 saturated heterocycles. The smallest absolute Gasteiger partial charge is 0.237 e. The number of nitrogens with two attached hydrogens (primary N) is 1. The van der Waals surface area contributed by atoms with Gasteiger partial charge in [0.25, 0.3) is 0 Å². The minimum atomic E-state index is -0.151. The average Bonchev–Trinajstić information content (AvgIpc) is 2.76. The summed E-state index contributed by atoms with van der Waals surface area (Å²) in [6, 6.07) is 7.42. The zero-order valence-electron chi connectivity index (χ0n) is 10.8. The molecule has 0 aliphatic rings. The summed E-state index contributed by atoms with van der Waals surface area (Å²) in [7, 11) is 0. The van der Waals surface area contributed by atoms with Crippen LogP contribution < -0.4 is 11.1 Å². The van der Waals surface area contributed by atoms with Crippen LogP contribution in [0.4, 0.5) is 11.6 Å². The number of nitrogens with one attached hydrogen (secondary N) is 1. The Morgan fingerprint density at radius 2 is 2.21 bits per heavy atom. The van der Waals surface area contributed by atoms with Gasteiger partial charge in [-0.1, -0.05) is 11.2 Å². The van der Waals surface area contributed by atoms with E-state index in [4.69, 9.17) is 10.3 Å². The third-order valence-corrected chi connectivity index (χ3v) is 3.49. The van der Waals surface area contributed by atoms with Crippen LogP contribution in [-0.4, -0.2) is 16.8 Å². The average molecular weight is 277 g/mol. The molecule has 5 nitrogen and oxygen atoms in total. The second-order valence-electron chi connectivity index (χ2n) is 4.21. The Bertz CT molecular complexity index is 595. The first-order valence-corrected chi connectivity index (χ1v) is 6.75. The zero-order chi connectivity index (χ0) is 13.8. The summed E-state index contributed by atoms with van der Waals surface area (Å²) >= 11 is 1.40. The quantitative estimate of drug-likeness (QED) is 0.663. The number of aryl methyl sites for hydroxylation is 2. The van der Waals surface area contributed by atoms with Gasteiger partial charge in [0.15, 0.2) is 0 Å². The second-order valence-corrected chi connectivity index (χ2v) is 5.23. The molecule has 1 heterocycles. The van der Waals surface area contributed by atoms with E-state index in [0.29, 0.717) is 11.6 Å². The Hall–Kier alpha value is -1.95. The first-order chi connectivity index (χ1) is 9.04. The van der Waals surface area contributed by atoms with E-state index in [1.807, 2.05) is 25.1 Å². The highest BCUT2D eigenvalue weighted by Crippen LogP contribution is 2.26. The summed E-state index contributed by atoms with van der Waals surface area (Å²) in [5, 5.41) is 6.33. The molecular weight excluding hydrogens is 262 g/mol. The van der Waals surface area contributed by atoms with Crippen LogP contribution in [0.15, 0.2) is 33.7 Å². The van der Waals surface area contributed by atoms with Gasteiger partial charge in [0.2, 0.25) is 11.8 Å². The van der Waals surface area contributed by atoms with E-state index in [0.717, 1.165) is 16.2 Å². The third-order valence-electron chi connectivity index (χ3n) is 2.42. The first-order valence-electron chi connectivity index (χ1n) is 5.76. The number of amides is 1. The van der Waals surface area contributed by atoms with Crippen LogP contribution in [0.2, 0.25) is 0 Å². The molecule has 2 rings (SSSR count). The molecule has 1 aromatic heterocycles. The minimum Gasteiger partial charge on any atom is -0.398 e. The van der Waals surface area contributed by atoms with Crippen LogP contribution in [0.3, 0.4) is 0 Å². The Labute approximate surface area is 115 Å². The molecule has 0 saturated carbocycles. The van der Waals surface area contributed by atoms with Crippen LogP contribution in [0.1, 0.15) is 11.3 Å². The normalized spacial score (nSPS) is 10.4. The number of hydrogen-bond donors (Lipinski definition) is 2. The molecule has 1 amide bonds. The van der Waals surface area contributed by atoms with Crippen LogP contribution in [-0.2, 0) is 4.79 Å². The van der Waals surface area contributed by atoms with Crippen LogP contribution >= 0.6 is 11.8 Å². The maximum Gasteiger partial charge on any atom is 0.237 e. The van der Waals surface area contributed by atoms with Gasteiger partial charge < -0.3 is 10.3 Å². The van der Waals surface area contributed by atoms with E-state index in [-0.39, 0.29) is 11.7 Å². The number of thioether (sulfide) groups is 1. The van der Waals surface area contributed by atoms with Gasteiger partial charge in [0, 0.05) is 16.6 Å². The number of aromatic nitrogens is 1. The molecule has 0 aliphatic carbocycles. The highest BCUT2D eigenvalue weighted by molar-refractivity contribution is 8.00. The van der Waals surface area contributed by atoms with E-state index in [9.17, 15) is 4.79 Å². The number of carbonyl (C=O) groups is 1. The van der Waals surface area contributed by atoms with Gasteiger partial charge in [0.1, 0.15) is 0 Å². The second kappa shape index (κ2) is 5.79. The molecule has 6 heteroatoms. The Morgan fingerprint density at radius 3 is 2.89 bits per heavy atom. The molecule has 0 aliphatic heterocycles. The maximum absolute atomic E-state index is 11.7. The molecule has 0 fully saturated rings. The Kier molecular flexibility index (Phi) is 4.11. The summed E-state index contributed by atoms with van der Waals surface area (Å²) in [5.41, 5.74) is 8.37. The molecule has 0 atom stereocenters. The SMILES string of the molecule is Cc1ccc(N)c(SCC(=O)Nc2cc(C)no2)c1. The highest BCUT2D eigenvalue weighted by atomic mass is 32.2. The number of benzene rings is 1. The van der Waals surface area contributed by atoms with Gasteiger partial charge in [-0.15, -0.1) is 11.8 Å². The van der Waals surface area contributed by atoms with Gasteiger partial charge >= 0.3 is 0 Å². The topological polar surface area (TPSA) is 81.2 Å². The third kappa shape index (κ3) is 3.75. The van der Waals surface area contributed by atoms with E-state index < -0.39 is 0 Å². The van der Waals surface area contributed by atoms with Crippen molar-refractivity contribution in [3.05, 3.63) is 35.5 Å². The van der Waals surface area contributed by atoms with E-state index >= 15 is 0 Å². The lowest BCUT2D eigenvalue weighted by Gasteiger charge is -2.06. The first kappa shape index (κ1) is 13.5. The van der Waals surface area contributed by atoms with E-state index in [1.54, 1.807) is 13.0 Å². The standard InChI is InChI=1S/C13H15N3O2S/c1-8-3-4-10(14)11(5-8)19-7-12(17)15-13-6-9(2)16-18-13/h3-6H,7,14H2,1-2H3,(H,15,17). The van der Waals surface area contributed by atoms with Gasteiger partial charge in [-0.25, -0.2) is 0 Å². The predicted octanol–water partition coefficient (Wildman–Crippen LogP) is 2.60. The number of anilines is 2. The fourth-order valence-corrected chi connectivity index (χ4v) is 2.37. The van der Waals surface area contributed by atoms with Gasteiger partial charge in [0.05, 0.1) is 11.4 Å². The van der Waals surface area contributed by atoms with Crippen LogP contribution in [0.25, 0.3) is 0 Å². The minimum absolute atomic E-state index is 0.151. The van der Waals surface area contributed by atoms with Crippen molar-refractivity contribution in [1.29, 1.82) is 0 Å². The van der Waals surface area contributed by atoms with Crippen molar-refractivity contribution in [1.82, 2.24) is 5.16 Å². The van der Waals surface area contributed by atoms with Crippen LogP contribution in [0.5, 0.6) is 0 Å². The maximum atomic E-state index is 11.7. The molecular formula is C13H15N3O2S. The van der Waals surface area contributed by atoms with Gasteiger partial charge in [-0.3, -0.25) is 10.1 Å². The Morgan fingerprint density at radius 1 is 1.42 bits per heavy atom. The fourth-order valence-electron chi connectivity index (χ4n) is 1.51. The monoisotopic (exact) mass is 277 g/mol. The lowest BCUT2D eigenvalue weighted by molar-refractivity contribution is -0.113. The number of carbonyl (C=O) groups excluding carboxylic acids is 1. The summed E-state index contributed by atoms with van der Waals surface area (Å²) in [4.78, 5) is 12.6. The summed E-state index contributed by atoms with van der Waals surface area (Å²) in [5.74, 6) is 0.482. The molecule has 1 aromatic carbocycles. The number of nitrogens with zero attached hydrogens (tertiary/aromatic N) is 1. The molecule has 2 aromatic rings. The van der Waals surface area contributed by atoms with Gasteiger partial charge in [-0.2, -0.15) is 0 Å². The largest absolute Gasteiger partial charge is 0.398 e.